The molecule has 4 heteroatoms. The number of ether oxygens (including phenoxy) is 1. The Kier molecular flexibility index (Phi) is 7.40. The van der Waals surface area contributed by atoms with Crippen molar-refractivity contribution in [1.82, 2.24) is 10.2 Å². The molecule has 1 amide bonds. The summed E-state index contributed by atoms with van der Waals surface area (Å²) in [5.41, 5.74) is 1.02. The molecule has 1 saturated heterocycles. The molecular formula is C19H30N2O2. The first-order valence-electron chi connectivity index (χ1n) is 8.86. The van der Waals surface area contributed by atoms with Gasteiger partial charge in [-0.15, -0.1) is 0 Å². The standard InChI is InChI=1S/C19H30N2O2/c1-3-17-7-4-5-13-21(17)14-6-12-20-19(22)15-16-8-10-18(23-2)11-9-16/h8-11,17H,3-7,12-15H2,1-2H3,(H,20,22)/t17-/m1/s1. The van der Waals surface area contributed by atoms with E-state index in [9.17, 15) is 4.79 Å². The molecule has 4 nitrogen and oxygen atoms in total. The summed E-state index contributed by atoms with van der Waals surface area (Å²) in [7, 11) is 1.65. The maximum absolute atomic E-state index is 12.0. The number of hydrogen-bond acceptors (Lipinski definition) is 3. The third kappa shape index (κ3) is 5.87. The van der Waals surface area contributed by atoms with Gasteiger partial charge in [-0.05, 0) is 49.9 Å². The largest absolute Gasteiger partial charge is 0.497 e. The van der Waals surface area contributed by atoms with Gasteiger partial charge in [-0.25, -0.2) is 0 Å². The van der Waals surface area contributed by atoms with Gasteiger partial charge in [0.25, 0.3) is 0 Å². The summed E-state index contributed by atoms with van der Waals surface area (Å²) in [5.74, 6) is 0.919. The monoisotopic (exact) mass is 318 g/mol. The number of nitrogens with one attached hydrogen (secondary N) is 1. The van der Waals surface area contributed by atoms with E-state index in [-0.39, 0.29) is 5.91 Å². The van der Waals surface area contributed by atoms with Crippen LogP contribution in [0, 0.1) is 0 Å². The smallest absolute Gasteiger partial charge is 0.224 e. The molecule has 0 bridgehead atoms. The second kappa shape index (κ2) is 9.56. The molecular weight excluding hydrogens is 288 g/mol. The van der Waals surface area contributed by atoms with Crippen molar-refractivity contribution in [2.75, 3.05) is 26.7 Å². The molecule has 0 unspecified atom stereocenters. The van der Waals surface area contributed by atoms with Gasteiger partial charge in [0.05, 0.1) is 13.5 Å². The third-order valence-electron chi connectivity index (χ3n) is 4.69. The minimum absolute atomic E-state index is 0.0980. The zero-order valence-corrected chi connectivity index (χ0v) is 14.5. The van der Waals surface area contributed by atoms with Crippen molar-refractivity contribution in [3.8, 4) is 5.75 Å². The van der Waals surface area contributed by atoms with Crippen LogP contribution in [0.3, 0.4) is 0 Å². The minimum Gasteiger partial charge on any atom is -0.497 e. The van der Waals surface area contributed by atoms with Gasteiger partial charge in [-0.2, -0.15) is 0 Å². The maximum atomic E-state index is 12.0. The average molecular weight is 318 g/mol. The fraction of sp³-hybridized carbons (Fsp3) is 0.632. The van der Waals surface area contributed by atoms with Gasteiger partial charge in [0.1, 0.15) is 5.75 Å². The molecule has 1 N–H and O–H groups in total. The maximum Gasteiger partial charge on any atom is 0.224 e. The molecule has 0 radical (unpaired) electrons. The van der Waals surface area contributed by atoms with Gasteiger partial charge < -0.3 is 15.0 Å². The molecule has 1 heterocycles. The second-order valence-corrected chi connectivity index (χ2v) is 6.32. The first kappa shape index (κ1) is 17.8. The van der Waals surface area contributed by atoms with Gasteiger partial charge in [0.15, 0.2) is 0 Å². The summed E-state index contributed by atoms with van der Waals surface area (Å²) >= 11 is 0. The summed E-state index contributed by atoms with van der Waals surface area (Å²) in [4.78, 5) is 14.6. The van der Waals surface area contributed by atoms with Crippen LogP contribution in [0.2, 0.25) is 0 Å². The van der Waals surface area contributed by atoms with Crippen LogP contribution in [-0.2, 0) is 11.2 Å². The molecule has 1 aromatic carbocycles. The molecule has 1 aliphatic heterocycles. The van der Waals surface area contributed by atoms with Crippen LogP contribution in [0.25, 0.3) is 0 Å². The molecule has 0 spiro atoms. The number of carbonyl (C=O) groups is 1. The number of nitrogens with zero attached hydrogens (tertiary/aromatic N) is 1. The zero-order chi connectivity index (χ0) is 16.5. The number of piperidine rings is 1. The van der Waals surface area contributed by atoms with E-state index < -0.39 is 0 Å². The lowest BCUT2D eigenvalue weighted by molar-refractivity contribution is -0.120. The SMILES string of the molecule is CC[C@@H]1CCCCN1CCCNC(=O)Cc1ccc(OC)cc1. The Bertz CT molecular complexity index is 473. The predicted octanol–water partition coefficient (Wildman–Crippen LogP) is 3.01. The van der Waals surface area contributed by atoms with Crippen LogP contribution in [0.15, 0.2) is 24.3 Å². The minimum atomic E-state index is 0.0980. The molecule has 0 saturated carbocycles. The molecule has 0 aromatic heterocycles. The van der Waals surface area contributed by atoms with E-state index in [0.717, 1.165) is 36.9 Å². The van der Waals surface area contributed by atoms with Crippen molar-refractivity contribution >= 4 is 5.91 Å². The number of amides is 1. The fourth-order valence-corrected chi connectivity index (χ4v) is 3.32. The lowest BCUT2D eigenvalue weighted by Gasteiger charge is -2.35. The Hall–Kier alpha value is -1.55. The molecule has 128 valence electrons. The highest BCUT2D eigenvalue weighted by Gasteiger charge is 2.19. The summed E-state index contributed by atoms with van der Waals surface area (Å²) in [6.45, 7) is 5.36. The van der Waals surface area contributed by atoms with Gasteiger partial charge in [0.2, 0.25) is 5.91 Å². The number of benzene rings is 1. The molecule has 1 aliphatic rings. The molecule has 23 heavy (non-hydrogen) atoms. The van der Waals surface area contributed by atoms with Crippen LogP contribution in [0.4, 0.5) is 0 Å². The lowest BCUT2D eigenvalue weighted by atomic mass is 10.00. The van der Waals surface area contributed by atoms with Crippen molar-refractivity contribution in [1.29, 1.82) is 0 Å². The summed E-state index contributed by atoms with van der Waals surface area (Å²) in [6, 6.07) is 8.42. The van der Waals surface area contributed by atoms with Crippen LogP contribution in [0.1, 0.15) is 44.6 Å². The van der Waals surface area contributed by atoms with Crippen molar-refractivity contribution < 1.29 is 9.53 Å². The highest BCUT2D eigenvalue weighted by Crippen LogP contribution is 2.19. The molecule has 1 aromatic rings. The van der Waals surface area contributed by atoms with Crippen molar-refractivity contribution in [3.05, 3.63) is 29.8 Å². The number of hydrogen-bond donors (Lipinski definition) is 1. The topological polar surface area (TPSA) is 41.6 Å². The van der Waals surface area contributed by atoms with E-state index in [4.69, 9.17) is 4.74 Å². The Morgan fingerprint density at radius 1 is 1.30 bits per heavy atom. The molecule has 2 rings (SSSR count). The van der Waals surface area contributed by atoms with E-state index >= 15 is 0 Å². The number of rotatable bonds is 8. The van der Waals surface area contributed by atoms with Crippen LogP contribution in [0.5, 0.6) is 5.75 Å². The van der Waals surface area contributed by atoms with Crippen LogP contribution in [-0.4, -0.2) is 43.6 Å². The predicted molar refractivity (Wildman–Crippen MR) is 93.8 cm³/mol. The normalized spacial score (nSPS) is 18.6. The third-order valence-corrected chi connectivity index (χ3v) is 4.69. The Morgan fingerprint density at radius 3 is 2.78 bits per heavy atom. The summed E-state index contributed by atoms with van der Waals surface area (Å²) < 4.78 is 5.12. The Balaban J connectivity index is 1.64. The molecule has 0 aliphatic carbocycles. The van der Waals surface area contributed by atoms with Gasteiger partial charge in [-0.3, -0.25) is 4.79 Å². The van der Waals surface area contributed by atoms with Gasteiger partial charge in [-0.1, -0.05) is 25.5 Å². The van der Waals surface area contributed by atoms with Crippen molar-refractivity contribution in [3.63, 3.8) is 0 Å². The zero-order valence-electron chi connectivity index (χ0n) is 14.5. The first-order valence-corrected chi connectivity index (χ1v) is 8.86. The van der Waals surface area contributed by atoms with Crippen LogP contribution < -0.4 is 10.1 Å². The highest BCUT2D eigenvalue weighted by atomic mass is 16.5. The number of methoxy groups -OCH3 is 1. The molecule has 1 fully saturated rings. The second-order valence-electron chi connectivity index (χ2n) is 6.32. The number of carbonyl (C=O) groups excluding carboxylic acids is 1. The van der Waals surface area contributed by atoms with Crippen LogP contribution >= 0.6 is 0 Å². The fourth-order valence-electron chi connectivity index (χ4n) is 3.32. The van der Waals surface area contributed by atoms with E-state index in [0.29, 0.717) is 6.42 Å². The summed E-state index contributed by atoms with van der Waals surface area (Å²) in [6.07, 6.45) is 6.73. The Labute approximate surface area is 140 Å². The lowest BCUT2D eigenvalue weighted by Crippen LogP contribution is -2.40. The summed E-state index contributed by atoms with van der Waals surface area (Å²) in [5, 5.41) is 3.04. The van der Waals surface area contributed by atoms with Crippen molar-refractivity contribution in [2.45, 2.75) is 51.5 Å². The van der Waals surface area contributed by atoms with Crippen molar-refractivity contribution in [2.24, 2.45) is 0 Å². The Morgan fingerprint density at radius 2 is 2.09 bits per heavy atom. The number of likely N-dealkylation sites (tertiary alicyclic amines) is 1. The highest BCUT2D eigenvalue weighted by molar-refractivity contribution is 5.78. The van der Waals surface area contributed by atoms with Gasteiger partial charge >= 0.3 is 0 Å². The van der Waals surface area contributed by atoms with E-state index in [2.05, 4.69) is 17.1 Å². The molecule has 1 atom stereocenters. The van der Waals surface area contributed by atoms with Gasteiger partial charge in [0, 0.05) is 19.1 Å². The average Bonchev–Trinajstić information content (AvgIpc) is 2.59. The first-order chi connectivity index (χ1) is 11.2. The quantitative estimate of drug-likeness (QED) is 0.749. The van der Waals surface area contributed by atoms with E-state index in [1.807, 2.05) is 24.3 Å². The van der Waals surface area contributed by atoms with E-state index in [1.165, 1.54) is 32.2 Å². The van der Waals surface area contributed by atoms with E-state index in [1.54, 1.807) is 7.11 Å².